The maximum atomic E-state index is 12.2. The molecule has 2 N–H and O–H groups in total. The molecular weight excluding hydrogens is 334 g/mol. The summed E-state index contributed by atoms with van der Waals surface area (Å²) in [5.41, 5.74) is 4.79. The highest BCUT2D eigenvalue weighted by molar-refractivity contribution is 5.92. The van der Waals surface area contributed by atoms with Crippen molar-refractivity contribution in [1.82, 2.24) is 10.3 Å². The molecule has 0 fully saturated rings. The molecule has 0 bridgehead atoms. The lowest BCUT2D eigenvalue weighted by Crippen LogP contribution is -2.26. The minimum atomic E-state index is -0.154. The van der Waals surface area contributed by atoms with Crippen molar-refractivity contribution in [3.05, 3.63) is 89.7 Å². The molecule has 0 radical (unpaired) electrons. The van der Waals surface area contributed by atoms with E-state index in [1.807, 2.05) is 24.3 Å². The number of aromatic nitrogens is 1. The van der Waals surface area contributed by atoms with E-state index in [0.29, 0.717) is 18.2 Å². The SMILES string of the molecule is CC(C)c1ccc(Nc2ccc(C(=O)NCCc3ccccc3)nc2)cc1. The summed E-state index contributed by atoms with van der Waals surface area (Å²) in [4.78, 5) is 16.5. The zero-order chi connectivity index (χ0) is 19.1. The van der Waals surface area contributed by atoms with Gasteiger partial charge in [-0.15, -0.1) is 0 Å². The van der Waals surface area contributed by atoms with Gasteiger partial charge in [0.15, 0.2) is 0 Å². The standard InChI is InChI=1S/C23H25N3O/c1-17(2)19-8-10-20(11-9-19)26-21-12-13-22(25-16-21)23(27)24-15-14-18-6-4-3-5-7-18/h3-13,16-17,26H,14-15H2,1-2H3,(H,24,27). The van der Waals surface area contributed by atoms with E-state index < -0.39 is 0 Å². The van der Waals surface area contributed by atoms with Crippen molar-refractivity contribution in [2.24, 2.45) is 0 Å². The van der Waals surface area contributed by atoms with Gasteiger partial charge in [-0.2, -0.15) is 0 Å². The Hall–Kier alpha value is -3.14. The second-order valence-electron chi connectivity index (χ2n) is 6.83. The first-order valence-corrected chi connectivity index (χ1v) is 9.27. The first-order chi connectivity index (χ1) is 13.1. The normalized spacial score (nSPS) is 10.6. The van der Waals surface area contributed by atoms with Crippen molar-refractivity contribution < 1.29 is 4.79 Å². The maximum Gasteiger partial charge on any atom is 0.269 e. The number of benzene rings is 2. The summed E-state index contributed by atoms with van der Waals surface area (Å²) < 4.78 is 0. The van der Waals surface area contributed by atoms with Gasteiger partial charge in [0.2, 0.25) is 0 Å². The van der Waals surface area contributed by atoms with Crippen LogP contribution in [0, 0.1) is 0 Å². The highest BCUT2D eigenvalue weighted by Gasteiger charge is 2.07. The van der Waals surface area contributed by atoms with Crippen LogP contribution in [0.2, 0.25) is 0 Å². The summed E-state index contributed by atoms with van der Waals surface area (Å²) >= 11 is 0. The van der Waals surface area contributed by atoms with E-state index >= 15 is 0 Å². The molecule has 3 rings (SSSR count). The van der Waals surface area contributed by atoms with Crippen LogP contribution in [0.25, 0.3) is 0 Å². The maximum absolute atomic E-state index is 12.2. The van der Waals surface area contributed by atoms with E-state index in [9.17, 15) is 4.79 Å². The Balaban J connectivity index is 1.52. The molecule has 2 aromatic carbocycles. The zero-order valence-corrected chi connectivity index (χ0v) is 15.8. The molecular formula is C23H25N3O. The molecule has 0 aliphatic rings. The predicted octanol–water partition coefficient (Wildman–Crippen LogP) is 4.92. The number of rotatable bonds is 7. The third-order valence-electron chi connectivity index (χ3n) is 4.40. The molecule has 4 heteroatoms. The van der Waals surface area contributed by atoms with E-state index in [2.05, 4.69) is 65.9 Å². The molecule has 3 aromatic rings. The Morgan fingerprint density at radius 2 is 1.63 bits per heavy atom. The van der Waals surface area contributed by atoms with Gasteiger partial charge in [-0.25, -0.2) is 4.98 Å². The Morgan fingerprint density at radius 3 is 2.26 bits per heavy atom. The van der Waals surface area contributed by atoms with E-state index in [4.69, 9.17) is 0 Å². The minimum absolute atomic E-state index is 0.154. The molecule has 138 valence electrons. The smallest absolute Gasteiger partial charge is 0.269 e. The number of carbonyl (C=O) groups excluding carboxylic acids is 1. The Kier molecular flexibility index (Phi) is 6.21. The van der Waals surface area contributed by atoms with E-state index in [1.54, 1.807) is 12.3 Å². The molecule has 27 heavy (non-hydrogen) atoms. The number of carbonyl (C=O) groups is 1. The molecule has 0 aliphatic heterocycles. The number of amides is 1. The number of pyridine rings is 1. The van der Waals surface area contributed by atoms with E-state index in [0.717, 1.165) is 17.8 Å². The molecule has 1 heterocycles. The van der Waals surface area contributed by atoms with Crippen LogP contribution in [-0.2, 0) is 6.42 Å². The first-order valence-electron chi connectivity index (χ1n) is 9.27. The van der Waals surface area contributed by atoms with Gasteiger partial charge < -0.3 is 10.6 Å². The van der Waals surface area contributed by atoms with Gasteiger partial charge in [-0.1, -0.05) is 56.3 Å². The van der Waals surface area contributed by atoms with Crippen LogP contribution < -0.4 is 10.6 Å². The zero-order valence-electron chi connectivity index (χ0n) is 15.8. The summed E-state index contributed by atoms with van der Waals surface area (Å²) in [6.45, 7) is 4.94. The summed E-state index contributed by atoms with van der Waals surface area (Å²) in [6, 6.07) is 22.1. The van der Waals surface area contributed by atoms with Crippen LogP contribution in [0.5, 0.6) is 0 Å². The van der Waals surface area contributed by atoms with Crippen LogP contribution in [-0.4, -0.2) is 17.4 Å². The Bertz CT molecular complexity index is 856. The Labute approximate surface area is 160 Å². The highest BCUT2D eigenvalue weighted by atomic mass is 16.1. The first kappa shape index (κ1) is 18.6. The fraction of sp³-hybridized carbons (Fsp3) is 0.217. The molecule has 0 aliphatic carbocycles. The van der Waals surface area contributed by atoms with Crippen molar-refractivity contribution in [2.45, 2.75) is 26.2 Å². The van der Waals surface area contributed by atoms with Crippen molar-refractivity contribution in [3.8, 4) is 0 Å². The van der Waals surface area contributed by atoms with Gasteiger partial charge in [-0.3, -0.25) is 4.79 Å². The fourth-order valence-corrected chi connectivity index (χ4v) is 2.78. The Morgan fingerprint density at radius 1 is 0.926 bits per heavy atom. The molecule has 0 saturated carbocycles. The van der Waals surface area contributed by atoms with Gasteiger partial charge in [0.1, 0.15) is 5.69 Å². The number of nitrogens with zero attached hydrogens (tertiary/aromatic N) is 1. The number of hydrogen-bond donors (Lipinski definition) is 2. The fourth-order valence-electron chi connectivity index (χ4n) is 2.78. The molecule has 1 amide bonds. The second-order valence-corrected chi connectivity index (χ2v) is 6.83. The largest absolute Gasteiger partial charge is 0.354 e. The van der Waals surface area contributed by atoms with Crippen LogP contribution in [0.3, 0.4) is 0 Å². The third-order valence-corrected chi connectivity index (χ3v) is 4.40. The number of anilines is 2. The van der Waals surface area contributed by atoms with Gasteiger partial charge in [0, 0.05) is 12.2 Å². The second kappa shape index (κ2) is 8.99. The number of nitrogens with one attached hydrogen (secondary N) is 2. The van der Waals surface area contributed by atoms with Crippen molar-refractivity contribution in [3.63, 3.8) is 0 Å². The quantitative estimate of drug-likeness (QED) is 0.629. The predicted molar refractivity (Wildman–Crippen MR) is 111 cm³/mol. The van der Waals surface area contributed by atoms with Gasteiger partial charge >= 0.3 is 0 Å². The lowest BCUT2D eigenvalue weighted by atomic mass is 10.0. The van der Waals surface area contributed by atoms with Crippen LogP contribution in [0.15, 0.2) is 72.9 Å². The lowest BCUT2D eigenvalue weighted by Gasteiger charge is -2.10. The molecule has 4 nitrogen and oxygen atoms in total. The molecule has 1 aromatic heterocycles. The molecule has 0 spiro atoms. The van der Waals surface area contributed by atoms with E-state index in [1.165, 1.54) is 11.1 Å². The van der Waals surface area contributed by atoms with E-state index in [-0.39, 0.29) is 5.91 Å². The monoisotopic (exact) mass is 359 g/mol. The number of hydrogen-bond acceptors (Lipinski definition) is 3. The summed E-state index contributed by atoms with van der Waals surface area (Å²) in [5.74, 6) is 0.360. The average Bonchev–Trinajstić information content (AvgIpc) is 2.70. The third kappa shape index (κ3) is 5.42. The molecule has 0 saturated heterocycles. The van der Waals surface area contributed by atoms with Gasteiger partial charge in [0.05, 0.1) is 11.9 Å². The highest BCUT2D eigenvalue weighted by Crippen LogP contribution is 2.20. The summed E-state index contributed by atoms with van der Waals surface area (Å²) in [5, 5.41) is 6.22. The minimum Gasteiger partial charge on any atom is -0.354 e. The summed E-state index contributed by atoms with van der Waals surface area (Å²) in [7, 11) is 0. The molecule has 0 atom stereocenters. The van der Waals surface area contributed by atoms with Gasteiger partial charge in [-0.05, 0) is 47.7 Å². The van der Waals surface area contributed by atoms with Crippen molar-refractivity contribution in [2.75, 3.05) is 11.9 Å². The lowest BCUT2D eigenvalue weighted by molar-refractivity contribution is 0.0949. The van der Waals surface area contributed by atoms with Crippen LogP contribution in [0.4, 0.5) is 11.4 Å². The van der Waals surface area contributed by atoms with Crippen LogP contribution in [0.1, 0.15) is 41.4 Å². The van der Waals surface area contributed by atoms with Crippen molar-refractivity contribution in [1.29, 1.82) is 0 Å². The molecule has 0 unspecified atom stereocenters. The van der Waals surface area contributed by atoms with Gasteiger partial charge in [0.25, 0.3) is 5.91 Å². The topological polar surface area (TPSA) is 54.0 Å². The van der Waals surface area contributed by atoms with Crippen LogP contribution >= 0.6 is 0 Å². The summed E-state index contributed by atoms with van der Waals surface area (Å²) in [6.07, 6.45) is 2.49. The average molecular weight is 359 g/mol. The van der Waals surface area contributed by atoms with Crippen molar-refractivity contribution >= 4 is 17.3 Å².